The second kappa shape index (κ2) is 7.04. The molecule has 1 N–H and O–H groups in total. The van der Waals surface area contributed by atoms with Crippen LogP contribution in [0.4, 0.5) is 0 Å². The fourth-order valence-electron chi connectivity index (χ4n) is 0.801. The first-order valence-corrected chi connectivity index (χ1v) is 5.09. The molecule has 0 spiro atoms. The normalized spacial score (nSPS) is 11.7. The highest BCUT2D eigenvalue weighted by Gasteiger charge is 2.09. The number of hydrogen-bond acceptors (Lipinski definition) is 3. The van der Waals surface area contributed by atoms with Gasteiger partial charge in [-0.05, 0) is 13.3 Å². The van der Waals surface area contributed by atoms with Crippen LogP contribution < -0.4 is 5.32 Å². The first-order valence-electron chi connectivity index (χ1n) is 5.09. The number of rotatable bonds is 6. The molecule has 0 rings (SSSR count). The second-order valence-electron chi connectivity index (χ2n) is 3.52. The van der Waals surface area contributed by atoms with Crippen LogP contribution in [0.15, 0.2) is 12.2 Å². The Morgan fingerprint density at radius 3 is 2.53 bits per heavy atom. The highest BCUT2D eigenvalue weighted by Crippen LogP contribution is 1.99. The molecule has 0 radical (unpaired) electrons. The van der Waals surface area contributed by atoms with Crippen molar-refractivity contribution in [3.8, 4) is 0 Å². The maximum Gasteiger partial charge on any atom is 0.333 e. The van der Waals surface area contributed by atoms with Gasteiger partial charge in [0.25, 0.3) is 0 Å². The van der Waals surface area contributed by atoms with Gasteiger partial charge in [0.15, 0.2) is 0 Å². The molecule has 0 aliphatic rings. The van der Waals surface area contributed by atoms with Crippen LogP contribution in [0.2, 0.25) is 0 Å². The zero-order chi connectivity index (χ0) is 11.8. The molecule has 0 aliphatic heterocycles. The van der Waals surface area contributed by atoms with E-state index < -0.39 is 5.97 Å². The first-order chi connectivity index (χ1) is 6.99. The number of carbonyl (C=O) groups is 2. The third-order valence-electron chi connectivity index (χ3n) is 2.04. The van der Waals surface area contributed by atoms with E-state index in [0.29, 0.717) is 12.1 Å². The highest BCUT2D eigenvalue weighted by atomic mass is 16.5. The Kier molecular flexibility index (Phi) is 6.42. The third kappa shape index (κ3) is 5.88. The molecule has 0 aromatic carbocycles. The van der Waals surface area contributed by atoms with Crippen molar-refractivity contribution in [2.75, 3.05) is 13.2 Å². The predicted octanol–water partition coefficient (Wildman–Crippen LogP) is 1.27. The Labute approximate surface area is 90.7 Å². The molecule has 0 aliphatic carbocycles. The Morgan fingerprint density at radius 2 is 2.07 bits per heavy atom. The summed E-state index contributed by atoms with van der Waals surface area (Å²) in [6.45, 7) is 9.38. The van der Waals surface area contributed by atoms with Gasteiger partial charge in [0.2, 0.25) is 5.91 Å². The summed E-state index contributed by atoms with van der Waals surface area (Å²) in [5.74, 6) is -0.432. The van der Waals surface area contributed by atoms with Gasteiger partial charge < -0.3 is 10.1 Å². The lowest BCUT2D eigenvalue weighted by molar-refractivity contribution is -0.139. The number of nitrogens with one attached hydrogen (secondary N) is 1. The van der Waals surface area contributed by atoms with E-state index in [4.69, 9.17) is 4.74 Å². The topological polar surface area (TPSA) is 55.4 Å². The molecule has 0 heterocycles. The van der Waals surface area contributed by atoms with E-state index in [1.807, 2.05) is 13.8 Å². The predicted molar refractivity (Wildman–Crippen MR) is 58.2 cm³/mol. The molecule has 0 fully saturated rings. The van der Waals surface area contributed by atoms with E-state index in [0.717, 1.165) is 6.42 Å². The van der Waals surface area contributed by atoms with Crippen molar-refractivity contribution in [2.45, 2.75) is 27.2 Å². The summed E-state index contributed by atoms with van der Waals surface area (Å²) in [6.07, 6.45) is 0.803. The van der Waals surface area contributed by atoms with Crippen LogP contribution >= 0.6 is 0 Å². The highest BCUT2D eigenvalue weighted by molar-refractivity contribution is 5.86. The number of esters is 1. The largest absolute Gasteiger partial charge is 0.460 e. The summed E-state index contributed by atoms with van der Waals surface area (Å²) in [7, 11) is 0. The van der Waals surface area contributed by atoms with Crippen molar-refractivity contribution in [1.82, 2.24) is 5.32 Å². The maximum absolute atomic E-state index is 11.3. The van der Waals surface area contributed by atoms with Gasteiger partial charge in [-0.15, -0.1) is 0 Å². The van der Waals surface area contributed by atoms with E-state index in [2.05, 4.69) is 11.9 Å². The maximum atomic E-state index is 11.3. The molecule has 0 aromatic rings. The van der Waals surface area contributed by atoms with Crippen LogP contribution in [0.25, 0.3) is 0 Å². The molecular weight excluding hydrogens is 194 g/mol. The zero-order valence-electron chi connectivity index (χ0n) is 9.63. The van der Waals surface area contributed by atoms with Crippen LogP contribution in [0, 0.1) is 5.92 Å². The number of amides is 1. The van der Waals surface area contributed by atoms with Crippen LogP contribution in [0.3, 0.4) is 0 Å². The molecule has 86 valence electrons. The van der Waals surface area contributed by atoms with Gasteiger partial charge in [0, 0.05) is 11.5 Å². The number of hydrogen-bond donors (Lipinski definition) is 1. The molecule has 0 saturated heterocycles. The van der Waals surface area contributed by atoms with Crippen molar-refractivity contribution in [2.24, 2.45) is 5.92 Å². The lowest BCUT2D eigenvalue weighted by atomic mass is 10.1. The van der Waals surface area contributed by atoms with Crippen LogP contribution in [0.5, 0.6) is 0 Å². The average molecular weight is 213 g/mol. The standard InChI is InChI=1S/C11H19NO3/c1-5-9(4)10(13)12-6-7-15-11(14)8(2)3/h9H,2,5-7H2,1,3-4H3,(H,12,13). The van der Waals surface area contributed by atoms with Crippen molar-refractivity contribution < 1.29 is 14.3 Å². The van der Waals surface area contributed by atoms with E-state index >= 15 is 0 Å². The van der Waals surface area contributed by atoms with Crippen molar-refractivity contribution in [1.29, 1.82) is 0 Å². The van der Waals surface area contributed by atoms with Gasteiger partial charge >= 0.3 is 5.97 Å². The molecule has 4 nitrogen and oxygen atoms in total. The van der Waals surface area contributed by atoms with Gasteiger partial charge in [-0.2, -0.15) is 0 Å². The monoisotopic (exact) mass is 213 g/mol. The van der Waals surface area contributed by atoms with Crippen LogP contribution in [-0.4, -0.2) is 25.0 Å². The molecule has 15 heavy (non-hydrogen) atoms. The molecule has 4 heteroatoms. The van der Waals surface area contributed by atoms with Crippen LogP contribution in [0.1, 0.15) is 27.2 Å². The molecule has 1 atom stereocenters. The SMILES string of the molecule is C=C(C)C(=O)OCCNC(=O)C(C)CC. The lowest BCUT2D eigenvalue weighted by Crippen LogP contribution is -2.32. The quantitative estimate of drug-likeness (QED) is 0.410. The van der Waals surface area contributed by atoms with Gasteiger partial charge in [0.05, 0.1) is 6.54 Å². The fourth-order valence-corrected chi connectivity index (χ4v) is 0.801. The minimum atomic E-state index is -0.423. The summed E-state index contributed by atoms with van der Waals surface area (Å²) in [4.78, 5) is 22.2. The minimum absolute atomic E-state index is 0.00171. The van der Waals surface area contributed by atoms with E-state index in [1.165, 1.54) is 0 Å². The smallest absolute Gasteiger partial charge is 0.333 e. The Balaban J connectivity index is 3.59. The summed E-state index contributed by atoms with van der Waals surface area (Å²) >= 11 is 0. The second-order valence-corrected chi connectivity index (χ2v) is 3.52. The Bertz CT molecular complexity index is 248. The van der Waals surface area contributed by atoms with Gasteiger partial charge in [-0.3, -0.25) is 4.79 Å². The third-order valence-corrected chi connectivity index (χ3v) is 2.04. The summed E-state index contributed by atoms with van der Waals surface area (Å²) in [5.41, 5.74) is 0.364. The molecule has 0 saturated carbocycles. The molecule has 0 aromatic heterocycles. The van der Waals surface area contributed by atoms with Crippen molar-refractivity contribution in [3.63, 3.8) is 0 Å². The van der Waals surface area contributed by atoms with Gasteiger partial charge in [-0.1, -0.05) is 20.4 Å². The number of carbonyl (C=O) groups excluding carboxylic acids is 2. The molecule has 1 unspecified atom stereocenters. The lowest BCUT2D eigenvalue weighted by Gasteiger charge is -2.10. The van der Waals surface area contributed by atoms with E-state index in [9.17, 15) is 9.59 Å². The molecule has 1 amide bonds. The van der Waals surface area contributed by atoms with Crippen LogP contribution in [-0.2, 0) is 14.3 Å². The van der Waals surface area contributed by atoms with Gasteiger partial charge in [0.1, 0.15) is 6.61 Å². The fraction of sp³-hybridized carbons (Fsp3) is 0.636. The van der Waals surface area contributed by atoms with Gasteiger partial charge in [-0.25, -0.2) is 4.79 Å². The van der Waals surface area contributed by atoms with Crippen molar-refractivity contribution >= 4 is 11.9 Å². The Hall–Kier alpha value is -1.32. The number of ether oxygens (including phenoxy) is 1. The zero-order valence-corrected chi connectivity index (χ0v) is 9.63. The molecule has 0 bridgehead atoms. The minimum Gasteiger partial charge on any atom is -0.460 e. The van der Waals surface area contributed by atoms with Crippen molar-refractivity contribution in [3.05, 3.63) is 12.2 Å². The van der Waals surface area contributed by atoms with E-state index in [1.54, 1.807) is 6.92 Å². The Morgan fingerprint density at radius 1 is 1.47 bits per heavy atom. The molecular formula is C11H19NO3. The summed E-state index contributed by atoms with van der Waals surface area (Å²) in [6, 6.07) is 0. The first kappa shape index (κ1) is 13.7. The summed E-state index contributed by atoms with van der Waals surface area (Å²) in [5, 5.41) is 2.68. The summed E-state index contributed by atoms with van der Waals surface area (Å²) < 4.78 is 4.81. The average Bonchev–Trinajstić information content (AvgIpc) is 2.22. The van der Waals surface area contributed by atoms with E-state index in [-0.39, 0.29) is 18.4 Å².